The standard InChI is InChI=1S/C6H9N2.W/c1-5-4-8(3)7-6(5)2;/h1-3H3;/q-1;. The Morgan fingerprint density at radius 2 is 2.00 bits per heavy atom. The molecule has 1 rings (SSSR count). The van der Waals surface area contributed by atoms with Crippen molar-refractivity contribution in [2.45, 2.75) is 13.8 Å². The number of hydrogen-bond acceptors (Lipinski definition) is 1. The van der Waals surface area contributed by atoms with E-state index in [1.54, 1.807) is 4.68 Å². The molecule has 9 heavy (non-hydrogen) atoms. The van der Waals surface area contributed by atoms with Crippen LogP contribution in [0.4, 0.5) is 0 Å². The zero-order valence-corrected chi connectivity index (χ0v) is 8.74. The van der Waals surface area contributed by atoms with Gasteiger partial charge in [0.2, 0.25) is 0 Å². The summed E-state index contributed by atoms with van der Waals surface area (Å²) in [6, 6.07) is 0. The topological polar surface area (TPSA) is 17.8 Å². The Hall–Kier alpha value is -0.102. The molecule has 0 unspecified atom stereocenters. The fourth-order valence-corrected chi connectivity index (χ4v) is 0.649. The minimum absolute atomic E-state index is 0. The van der Waals surface area contributed by atoms with Gasteiger partial charge in [-0.1, -0.05) is 19.5 Å². The normalized spacial score (nSPS) is 8.78. The molecule has 2 nitrogen and oxygen atoms in total. The first-order valence-corrected chi connectivity index (χ1v) is 2.59. The van der Waals surface area contributed by atoms with Crippen molar-refractivity contribution in [2.24, 2.45) is 7.05 Å². The second-order valence-electron chi connectivity index (χ2n) is 1.95. The smallest absolute Gasteiger partial charge is 0.00776 e. The van der Waals surface area contributed by atoms with Gasteiger partial charge in [0.1, 0.15) is 0 Å². The quantitative estimate of drug-likeness (QED) is 0.648. The maximum absolute atomic E-state index is 4.07. The molecule has 1 heterocycles. The van der Waals surface area contributed by atoms with Crippen LogP contribution in [0.25, 0.3) is 0 Å². The maximum atomic E-state index is 4.07. The molecule has 1 aromatic rings. The molecule has 0 aliphatic carbocycles. The average molecular weight is 293 g/mol. The van der Waals surface area contributed by atoms with Crippen molar-refractivity contribution in [2.75, 3.05) is 0 Å². The molecular formula is C6H9N2W-. The third-order valence-electron chi connectivity index (χ3n) is 1.17. The molecule has 0 N–H and O–H groups in total. The molecule has 0 aliphatic heterocycles. The summed E-state index contributed by atoms with van der Waals surface area (Å²) in [5.74, 6) is 0. The predicted molar refractivity (Wildman–Crippen MR) is 31.5 cm³/mol. The van der Waals surface area contributed by atoms with Crippen molar-refractivity contribution < 1.29 is 21.1 Å². The van der Waals surface area contributed by atoms with Gasteiger partial charge in [0.15, 0.2) is 0 Å². The number of rotatable bonds is 0. The van der Waals surface area contributed by atoms with Gasteiger partial charge in [-0.15, -0.1) is 6.20 Å². The summed E-state index contributed by atoms with van der Waals surface area (Å²) in [7, 11) is 1.88. The molecule has 0 fully saturated rings. The molecule has 0 bridgehead atoms. The molecule has 0 atom stereocenters. The first-order chi connectivity index (χ1) is 3.70. The monoisotopic (exact) mass is 293 g/mol. The van der Waals surface area contributed by atoms with E-state index in [2.05, 4.69) is 11.3 Å². The van der Waals surface area contributed by atoms with Crippen LogP contribution in [-0.2, 0) is 28.1 Å². The minimum atomic E-state index is 0. The van der Waals surface area contributed by atoms with Crippen LogP contribution < -0.4 is 0 Å². The second-order valence-corrected chi connectivity index (χ2v) is 1.95. The fourth-order valence-electron chi connectivity index (χ4n) is 0.649. The number of aryl methyl sites for hydroxylation is 3. The van der Waals surface area contributed by atoms with Crippen LogP contribution in [0.15, 0.2) is 0 Å². The van der Waals surface area contributed by atoms with Crippen molar-refractivity contribution in [1.29, 1.82) is 0 Å². The van der Waals surface area contributed by atoms with E-state index in [9.17, 15) is 0 Å². The molecule has 50 valence electrons. The maximum Gasteiger partial charge on any atom is 0.00776 e. The molecule has 3 heteroatoms. The van der Waals surface area contributed by atoms with Crippen LogP contribution in [-0.4, -0.2) is 9.78 Å². The Labute approximate surface area is 69.5 Å². The van der Waals surface area contributed by atoms with E-state index in [4.69, 9.17) is 0 Å². The summed E-state index contributed by atoms with van der Waals surface area (Å²) >= 11 is 0. The first-order valence-electron chi connectivity index (χ1n) is 2.59. The number of nitrogens with zero attached hydrogens (tertiary/aromatic N) is 2. The Balaban J connectivity index is 0.000000640. The van der Waals surface area contributed by atoms with Crippen LogP contribution in [0.1, 0.15) is 11.3 Å². The summed E-state index contributed by atoms with van der Waals surface area (Å²) in [5, 5.41) is 4.07. The number of hydrogen-bond donors (Lipinski definition) is 0. The van der Waals surface area contributed by atoms with Gasteiger partial charge in [0, 0.05) is 28.1 Å². The van der Waals surface area contributed by atoms with Crippen LogP contribution in [0.3, 0.4) is 0 Å². The number of aromatic nitrogens is 2. The molecule has 0 amide bonds. The SMILES string of the molecule is Cc1[c-]n(C)nc1C.[W]. The summed E-state index contributed by atoms with van der Waals surface area (Å²) in [6.07, 6.45) is 3.01. The van der Waals surface area contributed by atoms with Crippen LogP contribution >= 0.6 is 0 Å². The molecule has 0 saturated carbocycles. The fraction of sp³-hybridized carbons (Fsp3) is 0.500. The molecule has 1 aromatic heterocycles. The molecular weight excluding hydrogens is 284 g/mol. The Morgan fingerprint density at radius 1 is 1.44 bits per heavy atom. The largest absolute Gasteiger partial charge is 0.379 e. The van der Waals surface area contributed by atoms with Crippen molar-refractivity contribution in [3.05, 3.63) is 17.5 Å². The summed E-state index contributed by atoms with van der Waals surface area (Å²) in [6.45, 7) is 3.98. The van der Waals surface area contributed by atoms with Crippen LogP contribution in [0.2, 0.25) is 0 Å². The second kappa shape index (κ2) is 3.16. The summed E-state index contributed by atoms with van der Waals surface area (Å²) < 4.78 is 1.70. The summed E-state index contributed by atoms with van der Waals surface area (Å²) in [5.41, 5.74) is 2.19. The van der Waals surface area contributed by atoms with E-state index >= 15 is 0 Å². The van der Waals surface area contributed by atoms with Crippen molar-refractivity contribution in [3.63, 3.8) is 0 Å². The van der Waals surface area contributed by atoms with Gasteiger partial charge >= 0.3 is 0 Å². The average Bonchev–Trinajstić information content (AvgIpc) is 1.85. The van der Waals surface area contributed by atoms with E-state index in [1.807, 2.05) is 20.9 Å². The van der Waals surface area contributed by atoms with Gasteiger partial charge in [-0.05, 0) is 0 Å². The predicted octanol–water partition coefficient (Wildman–Crippen LogP) is 0.835. The van der Waals surface area contributed by atoms with Crippen molar-refractivity contribution in [3.8, 4) is 0 Å². The minimum Gasteiger partial charge on any atom is -0.379 e. The van der Waals surface area contributed by atoms with E-state index in [0.717, 1.165) is 11.3 Å². The first kappa shape index (κ1) is 8.90. The Morgan fingerprint density at radius 3 is 2.11 bits per heavy atom. The van der Waals surface area contributed by atoms with Crippen LogP contribution in [0.5, 0.6) is 0 Å². The van der Waals surface area contributed by atoms with Gasteiger partial charge in [-0.25, -0.2) is 0 Å². The summed E-state index contributed by atoms with van der Waals surface area (Å²) in [4.78, 5) is 0. The van der Waals surface area contributed by atoms with Crippen LogP contribution in [0, 0.1) is 20.0 Å². The Kier molecular flexibility index (Phi) is 3.13. The Bertz CT molecular complexity index is 173. The molecule has 0 spiro atoms. The van der Waals surface area contributed by atoms with E-state index in [0.29, 0.717) is 0 Å². The van der Waals surface area contributed by atoms with Gasteiger partial charge < -0.3 is 4.68 Å². The molecule has 0 radical (unpaired) electrons. The van der Waals surface area contributed by atoms with Gasteiger partial charge in [-0.3, -0.25) is 5.10 Å². The zero-order valence-electron chi connectivity index (χ0n) is 5.80. The third-order valence-corrected chi connectivity index (χ3v) is 1.17. The van der Waals surface area contributed by atoms with E-state index in [-0.39, 0.29) is 21.1 Å². The van der Waals surface area contributed by atoms with Crippen molar-refractivity contribution in [1.82, 2.24) is 9.78 Å². The molecule has 0 aliphatic rings. The molecule has 0 aromatic carbocycles. The van der Waals surface area contributed by atoms with Crippen molar-refractivity contribution >= 4 is 0 Å². The van der Waals surface area contributed by atoms with Gasteiger partial charge in [-0.2, -0.15) is 5.56 Å². The van der Waals surface area contributed by atoms with Gasteiger partial charge in [0.25, 0.3) is 0 Å². The molecule has 0 saturated heterocycles. The van der Waals surface area contributed by atoms with E-state index < -0.39 is 0 Å². The zero-order chi connectivity index (χ0) is 6.15. The van der Waals surface area contributed by atoms with Gasteiger partial charge in [0.05, 0.1) is 0 Å². The third kappa shape index (κ3) is 1.94. The van der Waals surface area contributed by atoms with E-state index in [1.165, 1.54) is 0 Å².